The number of nitrogens with one attached hydrogen (secondary N) is 1. The number of carbonyl (C=O) groups excluding carboxylic acids is 1. The van der Waals surface area contributed by atoms with Crippen LogP contribution in [0.2, 0.25) is 5.02 Å². The van der Waals surface area contributed by atoms with Gasteiger partial charge in [0.05, 0.1) is 16.3 Å². The molecule has 0 aromatic heterocycles. The molecule has 0 fully saturated rings. The molecule has 2 aliphatic heterocycles. The van der Waals surface area contributed by atoms with Gasteiger partial charge >= 0.3 is 5.97 Å². The van der Waals surface area contributed by atoms with Crippen molar-refractivity contribution < 1.29 is 14.3 Å². The van der Waals surface area contributed by atoms with Crippen LogP contribution in [-0.2, 0) is 10.3 Å². The molecule has 6 heteroatoms. The average Bonchev–Trinajstić information content (AvgIpc) is 3.14. The highest BCUT2D eigenvalue weighted by molar-refractivity contribution is 6.33. The number of rotatable bonds is 3. The first kappa shape index (κ1) is 22.5. The summed E-state index contributed by atoms with van der Waals surface area (Å²) in [5.41, 5.74) is 6.52. The van der Waals surface area contributed by atoms with Crippen LogP contribution >= 0.6 is 11.6 Å². The molecule has 2 heterocycles. The van der Waals surface area contributed by atoms with Crippen LogP contribution in [0.15, 0.2) is 72.8 Å². The van der Waals surface area contributed by atoms with E-state index in [-0.39, 0.29) is 5.97 Å². The molecule has 0 saturated heterocycles. The number of ether oxygens (including phenoxy) is 2. The maximum atomic E-state index is 13.1. The third-order valence-corrected chi connectivity index (χ3v) is 7.27. The number of hydrogen-bond acceptors (Lipinski definition) is 5. The van der Waals surface area contributed by atoms with Gasteiger partial charge in [-0.15, -0.1) is 0 Å². The summed E-state index contributed by atoms with van der Waals surface area (Å²) in [5, 5.41) is 4.11. The largest absolute Gasteiger partial charge is 0.456 e. The van der Waals surface area contributed by atoms with Crippen molar-refractivity contribution in [2.24, 2.45) is 0 Å². The molecule has 1 unspecified atom stereocenters. The Morgan fingerprint density at radius 2 is 1.61 bits per heavy atom. The second-order valence-electron chi connectivity index (χ2n) is 9.56. The Morgan fingerprint density at radius 1 is 0.833 bits per heavy atom. The highest BCUT2D eigenvalue weighted by atomic mass is 35.5. The first-order valence-electron chi connectivity index (χ1n) is 11.8. The minimum Gasteiger partial charge on any atom is -0.456 e. The van der Waals surface area contributed by atoms with Crippen molar-refractivity contribution in [1.29, 1.82) is 0 Å². The number of nitrogens with zero attached hydrogens (tertiary/aromatic N) is 1. The third kappa shape index (κ3) is 3.27. The number of hydrogen-bond donors (Lipinski definition) is 1. The van der Waals surface area contributed by atoms with E-state index in [4.69, 9.17) is 21.1 Å². The molecule has 4 aromatic rings. The van der Waals surface area contributed by atoms with Gasteiger partial charge in [0.15, 0.2) is 5.60 Å². The zero-order valence-corrected chi connectivity index (χ0v) is 21.2. The summed E-state index contributed by atoms with van der Waals surface area (Å²) >= 11 is 6.53. The van der Waals surface area contributed by atoms with Gasteiger partial charge in [-0.25, -0.2) is 4.79 Å². The first-order valence-corrected chi connectivity index (χ1v) is 12.2. The molecule has 36 heavy (non-hydrogen) atoms. The van der Waals surface area contributed by atoms with Gasteiger partial charge < -0.3 is 19.7 Å². The van der Waals surface area contributed by atoms with Crippen LogP contribution in [0.4, 0.5) is 17.1 Å². The summed E-state index contributed by atoms with van der Waals surface area (Å²) in [6.07, 6.45) is 0. The highest BCUT2D eigenvalue weighted by Gasteiger charge is 2.53. The lowest BCUT2D eigenvalue weighted by Crippen LogP contribution is -2.33. The predicted octanol–water partition coefficient (Wildman–Crippen LogP) is 7.33. The molecular weight excluding hydrogens is 472 g/mol. The standard InChI is InChI=1S/C30H25ClN2O3/c1-17-9-12-25(24(31)13-17)32-26-16-23-27(14-18(26)2)35-28-15-19(33(3)4)10-11-22(28)30(23)21-8-6-5-7-20(21)29(34)36-30/h5-16,32H,1-4H3. The molecule has 1 atom stereocenters. The van der Waals surface area contributed by atoms with Crippen LogP contribution in [0.5, 0.6) is 11.5 Å². The van der Waals surface area contributed by atoms with Crippen LogP contribution in [-0.4, -0.2) is 20.1 Å². The molecule has 1 spiro atoms. The molecule has 0 bridgehead atoms. The Morgan fingerprint density at radius 3 is 2.39 bits per heavy atom. The topological polar surface area (TPSA) is 50.8 Å². The van der Waals surface area contributed by atoms with Gasteiger partial charge in [0.25, 0.3) is 0 Å². The fourth-order valence-corrected chi connectivity index (χ4v) is 5.37. The van der Waals surface area contributed by atoms with Gasteiger partial charge in [0, 0.05) is 48.2 Å². The van der Waals surface area contributed by atoms with E-state index in [1.165, 1.54) is 0 Å². The van der Waals surface area contributed by atoms with Crippen LogP contribution in [0.25, 0.3) is 0 Å². The van der Waals surface area contributed by atoms with Crippen molar-refractivity contribution >= 4 is 34.6 Å². The van der Waals surface area contributed by atoms with Crippen molar-refractivity contribution in [1.82, 2.24) is 0 Å². The average molecular weight is 497 g/mol. The Kier molecular flexibility index (Phi) is 5.02. The van der Waals surface area contributed by atoms with Crippen LogP contribution in [0, 0.1) is 13.8 Å². The van der Waals surface area contributed by atoms with E-state index in [2.05, 4.69) is 5.32 Å². The molecule has 0 saturated carbocycles. The van der Waals surface area contributed by atoms with E-state index in [1.54, 1.807) is 0 Å². The number of benzene rings is 4. The summed E-state index contributed by atoms with van der Waals surface area (Å²) in [7, 11) is 3.97. The second kappa shape index (κ2) is 8.04. The lowest BCUT2D eigenvalue weighted by atomic mass is 9.77. The fraction of sp³-hybridized carbons (Fsp3) is 0.167. The number of aryl methyl sites for hydroxylation is 2. The number of fused-ring (bicyclic) bond motifs is 6. The van der Waals surface area contributed by atoms with Crippen molar-refractivity contribution in [3.63, 3.8) is 0 Å². The highest BCUT2D eigenvalue weighted by Crippen LogP contribution is 2.57. The monoisotopic (exact) mass is 496 g/mol. The molecule has 0 radical (unpaired) electrons. The Balaban J connectivity index is 1.59. The Bertz CT molecular complexity index is 1560. The summed E-state index contributed by atoms with van der Waals surface area (Å²) in [5.74, 6) is 0.971. The van der Waals surface area contributed by atoms with Crippen molar-refractivity contribution in [2.45, 2.75) is 19.4 Å². The SMILES string of the molecule is Cc1ccc(Nc2cc3c(cc2C)Oc2cc(N(C)C)ccc2C32OC(=O)c3ccccc32)c(Cl)c1. The summed E-state index contributed by atoms with van der Waals surface area (Å²) in [4.78, 5) is 15.2. The lowest BCUT2D eigenvalue weighted by molar-refractivity contribution is 0.0224. The quantitative estimate of drug-likeness (QED) is 0.301. The first-order chi connectivity index (χ1) is 17.3. The molecule has 180 valence electrons. The van der Waals surface area contributed by atoms with Gasteiger partial charge in [-0.05, 0) is 67.4 Å². The van der Waals surface area contributed by atoms with Crippen LogP contribution in [0.1, 0.15) is 38.2 Å². The maximum Gasteiger partial charge on any atom is 0.340 e. The molecule has 4 aromatic carbocycles. The predicted molar refractivity (Wildman–Crippen MR) is 143 cm³/mol. The number of esters is 1. The van der Waals surface area contributed by atoms with Gasteiger partial charge in [0.1, 0.15) is 11.5 Å². The third-order valence-electron chi connectivity index (χ3n) is 6.95. The Hall–Kier alpha value is -3.96. The van der Waals surface area contributed by atoms with E-state index < -0.39 is 5.60 Å². The number of halogens is 1. The van der Waals surface area contributed by atoms with Gasteiger partial charge in [-0.3, -0.25) is 0 Å². The zero-order chi connectivity index (χ0) is 25.2. The molecular formula is C30H25ClN2O3. The second-order valence-corrected chi connectivity index (χ2v) is 9.97. The van der Waals surface area contributed by atoms with E-state index >= 15 is 0 Å². The summed E-state index contributed by atoms with van der Waals surface area (Å²) in [6.45, 7) is 4.02. The lowest BCUT2D eigenvalue weighted by Gasteiger charge is -2.37. The number of anilines is 3. The molecule has 2 aliphatic rings. The molecule has 1 N–H and O–H groups in total. The van der Waals surface area contributed by atoms with E-state index in [0.717, 1.165) is 44.9 Å². The molecule has 0 amide bonds. The van der Waals surface area contributed by atoms with E-state index in [1.807, 2.05) is 106 Å². The van der Waals surface area contributed by atoms with Gasteiger partial charge in [-0.1, -0.05) is 35.9 Å². The zero-order valence-electron chi connectivity index (χ0n) is 20.5. The minimum atomic E-state index is -1.12. The minimum absolute atomic E-state index is 0.349. The number of carbonyl (C=O) groups is 1. The summed E-state index contributed by atoms with van der Waals surface area (Å²) < 4.78 is 12.8. The Labute approximate surface area is 215 Å². The maximum absolute atomic E-state index is 13.1. The van der Waals surface area contributed by atoms with Crippen LogP contribution in [0.3, 0.4) is 0 Å². The van der Waals surface area contributed by atoms with Crippen LogP contribution < -0.4 is 15.0 Å². The fourth-order valence-electron chi connectivity index (χ4n) is 5.09. The van der Waals surface area contributed by atoms with Crippen molar-refractivity contribution in [2.75, 3.05) is 24.3 Å². The van der Waals surface area contributed by atoms with Gasteiger partial charge in [-0.2, -0.15) is 0 Å². The van der Waals surface area contributed by atoms with E-state index in [9.17, 15) is 4.79 Å². The van der Waals surface area contributed by atoms with Crippen molar-refractivity contribution in [3.05, 3.63) is 111 Å². The van der Waals surface area contributed by atoms with Gasteiger partial charge in [0.2, 0.25) is 0 Å². The molecule has 5 nitrogen and oxygen atoms in total. The smallest absolute Gasteiger partial charge is 0.340 e. The van der Waals surface area contributed by atoms with E-state index in [0.29, 0.717) is 22.1 Å². The molecule has 6 rings (SSSR count). The normalized spacial score (nSPS) is 17.1. The van der Waals surface area contributed by atoms with Crippen molar-refractivity contribution in [3.8, 4) is 11.5 Å². The molecule has 0 aliphatic carbocycles. The summed E-state index contributed by atoms with van der Waals surface area (Å²) in [6, 6.07) is 23.5.